The van der Waals surface area contributed by atoms with E-state index in [1.807, 2.05) is 24.0 Å². The van der Waals surface area contributed by atoms with E-state index in [1.165, 1.54) is 5.56 Å². The van der Waals surface area contributed by atoms with Gasteiger partial charge in [0, 0.05) is 37.1 Å². The predicted molar refractivity (Wildman–Crippen MR) is 78.3 cm³/mol. The van der Waals surface area contributed by atoms with Gasteiger partial charge in [-0.3, -0.25) is 4.79 Å². The molecule has 1 aliphatic heterocycles. The summed E-state index contributed by atoms with van der Waals surface area (Å²) in [6.07, 6.45) is 1.71. The van der Waals surface area contributed by atoms with Gasteiger partial charge in [-0.2, -0.15) is 0 Å². The molecule has 1 unspecified atom stereocenters. The fourth-order valence-corrected chi connectivity index (χ4v) is 2.53. The predicted octanol–water partition coefficient (Wildman–Crippen LogP) is 2.75. The van der Waals surface area contributed by atoms with Crippen LogP contribution in [0.4, 0.5) is 0 Å². The first-order chi connectivity index (χ1) is 9.06. The summed E-state index contributed by atoms with van der Waals surface area (Å²) in [6.45, 7) is 6.59. The highest BCUT2D eigenvalue weighted by Crippen LogP contribution is 2.16. The summed E-state index contributed by atoms with van der Waals surface area (Å²) in [5.74, 6) is 0.284. The van der Waals surface area contributed by atoms with Crippen molar-refractivity contribution in [3.63, 3.8) is 0 Å². The summed E-state index contributed by atoms with van der Waals surface area (Å²) in [7, 11) is 0. The van der Waals surface area contributed by atoms with Gasteiger partial charge in [-0.25, -0.2) is 0 Å². The molecule has 1 atom stereocenters. The van der Waals surface area contributed by atoms with Crippen LogP contribution in [0.2, 0.25) is 5.02 Å². The fraction of sp³-hybridized carbons (Fsp3) is 0.533. The van der Waals surface area contributed by atoms with Gasteiger partial charge in [0.25, 0.3) is 0 Å². The lowest BCUT2D eigenvalue weighted by molar-refractivity contribution is -0.127. The minimum Gasteiger partial charge on any atom is -0.341 e. The molecule has 104 valence electrons. The fourth-order valence-electron chi connectivity index (χ4n) is 2.33. The molecule has 0 saturated carbocycles. The van der Waals surface area contributed by atoms with Crippen molar-refractivity contribution in [1.29, 1.82) is 0 Å². The number of aryl methyl sites for hydroxylation is 1. The van der Waals surface area contributed by atoms with Crippen molar-refractivity contribution >= 4 is 17.5 Å². The van der Waals surface area contributed by atoms with Crippen LogP contribution in [0.5, 0.6) is 0 Å². The number of carbonyl (C=O) groups is 1. The maximum absolute atomic E-state index is 11.5. The van der Waals surface area contributed by atoms with Crippen LogP contribution in [-0.2, 0) is 11.3 Å². The molecular formula is C15H21ClN2O. The number of nitrogens with zero attached hydrogens (tertiary/aromatic N) is 1. The van der Waals surface area contributed by atoms with Crippen molar-refractivity contribution in [2.24, 2.45) is 0 Å². The van der Waals surface area contributed by atoms with E-state index in [0.29, 0.717) is 12.5 Å². The van der Waals surface area contributed by atoms with Gasteiger partial charge < -0.3 is 10.2 Å². The highest BCUT2D eigenvalue weighted by atomic mass is 35.5. The number of likely N-dealkylation sites (tertiary alicyclic amines) is 1. The van der Waals surface area contributed by atoms with E-state index in [-0.39, 0.29) is 5.91 Å². The second kappa shape index (κ2) is 6.40. The van der Waals surface area contributed by atoms with E-state index in [0.717, 1.165) is 36.6 Å². The molecule has 1 fully saturated rings. The van der Waals surface area contributed by atoms with E-state index < -0.39 is 0 Å². The molecule has 0 bridgehead atoms. The zero-order valence-corrected chi connectivity index (χ0v) is 12.3. The number of hydrogen-bond donors (Lipinski definition) is 1. The van der Waals surface area contributed by atoms with Crippen LogP contribution in [0.3, 0.4) is 0 Å². The summed E-state index contributed by atoms with van der Waals surface area (Å²) in [5, 5.41) is 4.25. The van der Waals surface area contributed by atoms with E-state index in [4.69, 9.17) is 11.6 Å². The Labute approximate surface area is 119 Å². The highest BCUT2D eigenvalue weighted by molar-refractivity contribution is 6.31. The van der Waals surface area contributed by atoms with Crippen LogP contribution < -0.4 is 5.32 Å². The molecule has 2 rings (SSSR count). The number of benzene rings is 1. The topological polar surface area (TPSA) is 32.3 Å². The minimum absolute atomic E-state index is 0.284. The van der Waals surface area contributed by atoms with Crippen LogP contribution >= 0.6 is 11.6 Å². The molecule has 4 heteroatoms. The summed E-state index contributed by atoms with van der Waals surface area (Å²) in [5.41, 5.74) is 2.27. The minimum atomic E-state index is 0.284. The average Bonchev–Trinajstić information content (AvgIpc) is 2.77. The maximum atomic E-state index is 11.5. The van der Waals surface area contributed by atoms with Gasteiger partial charge in [-0.15, -0.1) is 0 Å². The molecule has 1 heterocycles. The third-order valence-corrected chi connectivity index (χ3v) is 3.96. The summed E-state index contributed by atoms with van der Waals surface area (Å²) in [6, 6.07) is 6.41. The molecule has 1 saturated heterocycles. The van der Waals surface area contributed by atoms with Crippen molar-refractivity contribution in [3.05, 3.63) is 34.3 Å². The van der Waals surface area contributed by atoms with Crippen molar-refractivity contribution in [1.82, 2.24) is 10.2 Å². The Morgan fingerprint density at radius 1 is 1.47 bits per heavy atom. The average molecular weight is 281 g/mol. The number of amides is 1. The monoisotopic (exact) mass is 280 g/mol. The van der Waals surface area contributed by atoms with Crippen LogP contribution in [0.25, 0.3) is 0 Å². The van der Waals surface area contributed by atoms with Crippen LogP contribution in [-0.4, -0.2) is 29.9 Å². The number of halogens is 1. The van der Waals surface area contributed by atoms with Gasteiger partial charge in [0.2, 0.25) is 5.91 Å². The van der Waals surface area contributed by atoms with Crippen molar-refractivity contribution in [2.45, 2.75) is 39.3 Å². The van der Waals surface area contributed by atoms with E-state index >= 15 is 0 Å². The van der Waals surface area contributed by atoms with Gasteiger partial charge in [0.05, 0.1) is 0 Å². The molecule has 0 aromatic heterocycles. The molecular weight excluding hydrogens is 260 g/mol. The van der Waals surface area contributed by atoms with Gasteiger partial charge in [0.1, 0.15) is 0 Å². The third kappa shape index (κ3) is 3.95. The standard InChI is InChI=1S/C15H21ClN2O/c1-11-5-6-13(8-14(11)16)9-17-12(2)10-18-7-3-4-15(18)19/h5-6,8,12,17H,3-4,7,9-10H2,1-2H3. The quantitative estimate of drug-likeness (QED) is 0.899. The van der Waals surface area contributed by atoms with Gasteiger partial charge in [-0.1, -0.05) is 23.7 Å². The second-order valence-electron chi connectivity index (χ2n) is 5.31. The molecule has 19 heavy (non-hydrogen) atoms. The zero-order chi connectivity index (χ0) is 13.8. The summed E-state index contributed by atoms with van der Waals surface area (Å²) < 4.78 is 0. The molecule has 1 aromatic carbocycles. The summed E-state index contributed by atoms with van der Waals surface area (Å²) in [4.78, 5) is 13.5. The first kappa shape index (κ1) is 14.4. The molecule has 1 aromatic rings. The Morgan fingerprint density at radius 2 is 2.26 bits per heavy atom. The Balaban J connectivity index is 1.81. The molecule has 0 radical (unpaired) electrons. The largest absolute Gasteiger partial charge is 0.341 e. The lowest BCUT2D eigenvalue weighted by Gasteiger charge is -2.21. The van der Waals surface area contributed by atoms with Crippen molar-refractivity contribution in [3.8, 4) is 0 Å². The SMILES string of the molecule is Cc1ccc(CNC(C)CN2CCCC2=O)cc1Cl. The molecule has 0 spiro atoms. The maximum Gasteiger partial charge on any atom is 0.222 e. The second-order valence-corrected chi connectivity index (χ2v) is 5.72. The van der Waals surface area contributed by atoms with Gasteiger partial charge >= 0.3 is 0 Å². The van der Waals surface area contributed by atoms with Crippen LogP contribution in [0.15, 0.2) is 18.2 Å². The Bertz CT molecular complexity index is 461. The summed E-state index contributed by atoms with van der Waals surface area (Å²) >= 11 is 6.11. The smallest absolute Gasteiger partial charge is 0.222 e. The lowest BCUT2D eigenvalue weighted by Crippen LogP contribution is -2.39. The number of hydrogen-bond acceptors (Lipinski definition) is 2. The van der Waals surface area contributed by atoms with Crippen LogP contribution in [0, 0.1) is 6.92 Å². The number of nitrogens with one attached hydrogen (secondary N) is 1. The molecule has 1 N–H and O–H groups in total. The van der Waals surface area contributed by atoms with E-state index in [9.17, 15) is 4.79 Å². The van der Waals surface area contributed by atoms with Crippen LogP contribution in [0.1, 0.15) is 30.9 Å². The van der Waals surface area contributed by atoms with E-state index in [1.54, 1.807) is 0 Å². The van der Waals surface area contributed by atoms with Crippen molar-refractivity contribution in [2.75, 3.05) is 13.1 Å². The molecule has 3 nitrogen and oxygen atoms in total. The third-order valence-electron chi connectivity index (χ3n) is 3.56. The zero-order valence-electron chi connectivity index (χ0n) is 11.6. The molecule has 1 aliphatic rings. The first-order valence-corrected chi connectivity index (χ1v) is 7.20. The Hall–Kier alpha value is -1.06. The highest BCUT2D eigenvalue weighted by Gasteiger charge is 2.21. The first-order valence-electron chi connectivity index (χ1n) is 6.82. The molecule has 1 amide bonds. The van der Waals surface area contributed by atoms with Gasteiger partial charge in [0.15, 0.2) is 0 Å². The normalized spacial score (nSPS) is 17.0. The van der Waals surface area contributed by atoms with Crippen molar-refractivity contribution < 1.29 is 4.79 Å². The van der Waals surface area contributed by atoms with Gasteiger partial charge in [-0.05, 0) is 37.5 Å². The number of carbonyl (C=O) groups excluding carboxylic acids is 1. The van der Waals surface area contributed by atoms with E-state index in [2.05, 4.69) is 18.3 Å². The molecule has 0 aliphatic carbocycles. The number of rotatable bonds is 5. The lowest BCUT2D eigenvalue weighted by atomic mass is 10.1. The Kier molecular flexibility index (Phi) is 4.83. The Morgan fingerprint density at radius 3 is 2.89 bits per heavy atom.